The molecule has 1 aromatic heterocycles. The fourth-order valence-corrected chi connectivity index (χ4v) is 2.83. The number of carbonyl (C=O) groups is 1. The monoisotopic (exact) mass is 293 g/mol. The molecule has 6 heteroatoms. The molecule has 0 unspecified atom stereocenters. The van der Waals surface area contributed by atoms with Gasteiger partial charge in [0, 0.05) is 11.6 Å². The molecule has 116 valence electrons. The number of hydrogen-bond acceptors (Lipinski definition) is 5. The molecule has 1 fully saturated rings. The van der Waals surface area contributed by atoms with E-state index in [1.54, 1.807) is 6.07 Å². The van der Waals surface area contributed by atoms with Gasteiger partial charge in [-0.1, -0.05) is 26.2 Å². The normalized spacial score (nSPS) is 17.2. The van der Waals surface area contributed by atoms with E-state index in [0.717, 1.165) is 38.5 Å². The highest BCUT2D eigenvalue weighted by Gasteiger charge is 2.34. The minimum absolute atomic E-state index is 0.113. The predicted octanol–water partition coefficient (Wildman–Crippen LogP) is 2.85. The molecule has 1 aliphatic carbocycles. The van der Waals surface area contributed by atoms with E-state index >= 15 is 0 Å². The van der Waals surface area contributed by atoms with Gasteiger partial charge in [0.2, 0.25) is 5.88 Å². The van der Waals surface area contributed by atoms with Crippen molar-refractivity contribution < 1.29 is 14.6 Å². The average molecular weight is 293 g/mol. The molecule has 0 aliphatic heterocycles. The lowest BCUT2D eigenvalue weighted by Gasteiger charge is -2.37. The van der Waals surface area contributed by atoms with Crippen LogP contribution in [0.2, 0.25) is 0 Å². The largest absolute Gasteiger partial charge is 0.481 e. The number of anilines is 1. The first kappa shape index (κ1) is 15.5. The van der Waals surface area contributed by atoms with Crippen LogP contribution in [0.5, 0.6) is 5.88 Å². The summed E-state index contributed by atoms with van der Waals surface area (Å²) in [5.41, 5.74) is -0.402. The van der Waals surface area contributed by atoms with Crippen LogP contribution in [0.3, 0.4) is 0 Å². The zero-order valence-corrected chi connectivity index (χ0v) is 12.5. The maximum Gasteiger partial charge on any atom is 0.305 e. The summed E-state index contributed by atoms with van der Waals surface area (Å²) in [5, 5.41) is 12.5. The second-order valence-corrected chi connectivity index (χ2v) is 5.63. The summed E-state index contributed by atoms with van der Waals surface area (Å²) in [6.07, 6.45) is 7.44. The van der Waals surface area contributed by atoms with Gasteiger partial charge in [-0.25, -0.2) is 9.97 Å². The Kier molecular flexibility index (Phi) is 5.36. The summed E-state index contributed by atoms with van der Waals surface area (Å²) in [6.45, 7) is 2.64. The molecular weight excluding hydrogens is 270 g/mol. The van der Waals surface area contributed by atoms with Gasteiger partial charge in [-0.2, -0.15) is 0 Å². The molecular formula is C15H23N3O3. The van der Waals surface area contributed by atoms with E-state index in [4.69, 9.17) is 4.74 Å². The highest BCUT2D eigenvalue weighted by atomic mass is 16.5. The lowest BCUT2D eigenvalue weighted by atomic mass is 9.79. The predicted molar refractivity (Wildman–Crippen MR) is 79.5 cm³/mol. The Morgan fingerprint density at radius 2 is 2.14 bits per heavy atom. The number of carboxylic acid groups (broad SMARTS) is 1. The number of aromatic nitrogens is 2. The van der Waals surface area contributed by atoms with E-state index in [1.165, 1.54) is 6.33 Å². The van der Waals surface area contributed by atoms with Crippen molar-refractivity contribution >= 4 is 11.8 Å². The Bertz CT molecular complexity index is 473. The molecule has 0 aromatic carbocycles. The lowest BCUT2D eigenvalue weighted by molar-refractivity contribution is -0.138. The van der Waals surface area contributed by atoms with Crippen LogP contribution in [-0.4, -0.2) is 33.2 Å². The van der Waals surface area contributed by atoms with E-state index in [-0.39, 0.29) is 6.42 Å². The van der Waals surface area contributed by atoms with Crippen molar-refractivity contribution in [2.24, 2.45) is 0 Å². The second-order valence-electron chi connectivity index (χ2n) is 5.63. The van der Waals surface area contributed by atoms with Crippen molar-refractivity contribution in [2.75, 3.05) is 11.9 Å². The summed E-state index contributed by atoms with van der Waals surface area (Å²) in [4.78, 5) is 19.4. The van der Waals surface area contributed by atoms with Crippen molar-refractivity contribution in [1.82, 2.24) is 9.97 Å². The maximum absolute atomic E-state index is 11.2. The Labute approximate surface area is 124 Å². The summed E-state index contributed by atoms with van der Waals surface area (Å²) < 4.78 is 5.49. The summed E-state index contributed by atoms with van der Waals surface area (Å²) in [5.74, 6) is 0.385. The maximum atomic E-state index is 11.2. The van der Waals surface area contributed by atoms with E-state index in [1.807, 2.05) is 6.92 Å². The van der Waals surface area contributed by atoms with Gasteiger partial charge >= 0.3 is 5.97 Å². The van der Waals surface area contributed by atoms with E-state index < -0.39 is 11.5 Å². The van der Waals surface area contributed by atoms with Gasteiger partial charge in [-0.15, -0.1) is 0 Å². The number of hydrogen-bond donors (Lipinski definition) is 2. The number of rotatable bonds is 7. The summed E-state index contributed by atoms with van der Waals surface area (Å²) in [6, 6.07) is 1.74. The fraction of sp³-hybridized carbons (Fsp3) is 0.667. The Balaban J connectivity index is 2.10. The van der Waals surface area contributed by atoms with Gasteiger partial charge in [0.05, 0.1) is 13.0 Å². The van der Waals surface area contributed by atoms with Crippen LogP contribution >= 0.6 is 0 Å². The number of nitrogens with zero attached hydrogens (tertiary/aromatic N) is 2. The number of aliphatic carboxylic acids is 1. The van der Waals surface area contributed by atoms with Gasteiger partial charge < -0.3 is 15.2 Å². The summed E-state index contributed by atoms with van der Waals surface area (Å²) >= 11 is 0. The fourth-order valence-electron chi connectivity index (χ4n) is 2.83. The minimum atomic E-state index is -0.777. The quantitative estimate of drug-likeness (QED) is 0.804. The van der Waals surface area contributed by atoms with Crippen molar-refractivity contribution in [1.29, 1.82) is 0 Å². The van der Waals surface area contributed by atoms with E-state index in [2.05, 4.69) is 15.3 Å². The highest BCUT2D eigenvalue weighted by molar-refractivity contribution is 5.69. The van der Waals surface area contributed by atoms with Crippen molar-refractivity contribution in [3.8, 4) is 5.88 Å². The number of ether oxygens (including phenoxy) is 1. The first-order valence-electron chi connectivity index (χ1n) is 7.58. The molecule has 0 atom stereocenters. The SMILES string of the molecule is CCCOc1cc(NC2(CC(=O)O)CCCCC2)ncn1. The third kappa shape index (κ3) is 4.58. The second kappa shape index (κ2) is 7.24. The molecule has 2 rings (SSSR count). The third-order valence-electron chi connectivity index (χ3n) is 3.79. The zero-order chi connectivity index (χ0) is 15.1. The van der Waals surface area contributed by atoms with Crippen molar-refractivity contribution in [3.63, 3.8) is 0 Å². The third-order valence-corrected chi connectivity index (χ3v) is 3.79. The van der Waals surface area contributed by atoms with Crippen LogP contribution in [0.4, 0.5) is 5.82 Å². The summed E-state index contributed by atoms with van der Waals surface area (Å²) in [7, 11) is 0. The smallest absolute Gasteiger partial charge is 0.305 e. The molecule has 0 radical (unpaired) electrons. The molecule has 6 nitrogen and oxygen atoms in total. The van der Waals surface area contributed by atoms with Crippen LogP contribution in [-0.2, 0) is 4.79 Å². The Morgan fingerprint density at radius 3 is 2.81 bits per heavy atom. The topological polar surface area (TPSA) is 84.3 Å². The van der Waals surface area contributed by atoms with Crippen LogP contribution in [0.1, 0.15) is 51.9 Å². The van der Waals surface area contributed by atoms with Gasteiger partial charge in [-0.3, -0.25) is 4.79 Å². The highest BCUT2D eigenvalue weighted by Crippen LogP contribution is 2.34. The molecule has 0 bridgehead atoms. The minimum Gasteiger partial charge on any atom is -0.481 e. The molecule has 0 spiro atoms. The van der Waals surface area contributed by atoms with Gasteiger partial charge in [0.15, 0.2) is 0 Å². The molecule has 1 saturated carbocycles. The first-order chi connectivity index (χ1) is 10.1. The van der Waals surface area contributed by atoms with Crippen LogP contribution in [0.15, 0.2) is 12.4 Å². The molecule has 0 amide bonds. The van der Waals surface area contributed by atoms with Gasteiger partial charge in [-0.05, 0) is 19.3 Å². The van der Waals surface area contributed by atoms with Crippen molar-refractivity contribution in [2.45, 2.75) is 57.4 Å². The van der Waals surface area contributed by atoms with Gasteiger partial charge in [0.25, 0.3) is 0 Å². The lowest BCUT2D eigenvalue weighted by Crippen LogP contribution is -2.42. The zero-order valence-electron chi connectivity index (χ0n) is 12.5. The van der Waals surface area contributed by atoms with Crippen molar-refractivity contribution in [3.05, 3.63) is 12.4 Å². The number of carboxylic acids is 1. The van der Waals surface area contributed by atoms with E-state index in [0.29, 0.717) is 18.3 Å². The van der Waals surface area contributed by atoms with Gasteiger partial charge in [0.1, 0.15) is 12.1 Å². The molecule has 1 aromatic rings. The Hall–Kier alpha value is -1.85. The molecule has 0 saturated heterocycles. The first-order valence-corrected chi connectivity index (χ1v) is 7.58. The van der Waals surface area contributed by atoms with Crippen LogP contribution in [0.25, 0.3) is 0 Å². The molecule has 1 heterocycles. The Morgan fingerprint density at radius 1 is 1.38 bits per heavy atom. The molecule has 2 N–H and O–H groups in total. The van der Waals surface area contributed by atoms with Crippen LogP contribution in [0, 0.1) is 0 Å². The average Bonchev–Trinajstić information content (AvgIpc) is 2.45. The van der Waals surface area contributed by atoms with Crippen LogP contribution < -0.4 is 10.1 Å². The van der Waals surface area contributed by atoms with E-state index in [9.17, 15) is 9.90 Å². The number of nitrogens with one attached hydrogen (secondary N) is 1. The standard InChI is InChI=1S/C15H23N3O3/c1-2-8-21-13-9-12(16-11-17-13)18-15(10-14(19)20)6-4-3-5-7-15/h9,11H,2-8,10H2,1H3,(H,19,20)(H,16,17,18). The molecule has 21 heavy (non-hydrogen) atoms. The molecule has 1 aliphatic rings.